The van der Waals surface area contributed by atoms with Gasteiger partial charge in [-0.3, -0.25) is 0 Å². The predicted molar refractivity (Wildman–Crippen MR) is 77.7 cm³/mol. The number of aliphatic hydroxyl groups excluding tert-OH is 1. The van der Waals surface area contributed by atoms with Gasteiger partial charge in [0.15, 0.2) is 0 Å². The first kappa shape index (κ1) is 16.4. The second-order valence-electron chi connectivity index (χ2n) is 5.00. The fraction of sp³-hybridized carbons (Fsp3) is 0.538. The molecule has 0 radical (unpaired) electrons. The second kappa shape index (κ2) is 6.70. The number of hydrogen-bond acceptors (Lipinski definition) is 3. The zero-order chi connectivity index (χ0) is 14.5. The highest BCUT2D eigenvalue weighted by atomic mass is 35.5. The third kappa shape index (κ3) is 4.76. The van der Waals surface area contributed by atoms with Gasteiger partial charge in [-0.05, 0) is 18.4 Å². The Hall–Kier alpha value is -0.620. The number of hydrogen-bond donors (Lipinski definition) is 2. The van der Waals surface area contributed by atoms with Crippen LogP contribution in [0.5, 0.6) is 0 Å². The number of rotatable bonds is 7. The van der Waals surface area contributed by atoms with Crippen LogP contribution in [0, 0.1) is 5.92 Å². The molecule has 6 heteroatoms. The third-order valence-electron chi connectivity index (χ3n) is 2.88. The van der Waals surface area contributed by atoms with Gasteiger partial charge >= 0.3 is 0 Å². The first-order valence-corrected chi connectivity index (χ1v) is 8.25. The van der Waals surface area contributed by atoms with Gasteiger partial charge in [-0.25, -0.2) is 13.1 Å². The van der Waals surface area contributed by atoms with Crippen molar-refractivity contribution in [2.45, 2.75) is 19.4 Å². The lowest BCUT2D eigenvalue weighted by atomic mass is 9.94. The van der Waals surface area contributed by atoms with Crippen LogP contribution >= 0.6 is 11.6 Å². The van der Waals surface area contributed by atoms with Crippen LogP contribution < -0.4 is 4.72 Å². The first-order valence-electron chi connectivity index (χ1n) is 6.07. The molecule has 19 heavy (non-hydrogen) atoms. The van der Waals surface area contributed by atoms with Gasteiger partial charge in [0, 0.05) is 5.88 Å². The van der Waals surface area contributed by atoms with Crippen molar-refractivity contribution < 1.29 is 13.5 Å². The molecule has 0 fully saturated rings. The van der Waals surface area contributed by atoms with Crippen LogP contribution in [0.3, 0.4) is 0 Å². The van der Waals surface area contributed by atoms with Crippen LogP contribution in [0.1, 0.15) is 19.4 Å². The molecule has 0 aliphatic heterocycles. The summed E-state index contributed by atoms with van der Waals surface area (Å²) in [6.45, 7) is 3.11. The molecule has 0 aliphatic rings. The largest absolute Gasteiger partial charge is 0.394 e. The van der Waals surface area contributed by atoms with Crippen molar-refractivity contribution in [3.8, 4) is 0 Å². The zero-order valence-corrected chi connectivity index (χ0v) is 12.7. The fourth-order valence-corrected chi connectivity index (χ4v) is 3.85. The summed E-state index contributed by atoms with van der Waals surface area (Å²) in [7, 11) is -3.51. The summed E-state index contributed by atoms with van der Waals surface area (Å²) in [5.41, 5.74) is -0.300. The lowest BCUT2D eigenvalue weighted by molar-refractivity contribution is 0.196. The SMILES string of the molecule is CC(CCl)CS(=O)(=O)NC(C)(CO)c1ccccc1. The lowest BCUT2D eigenvalue weighted by Gasteiger charge is -2.29. The monoisotopic (exact) mass is 305 g/mol. The van der Waals surface area contributed by atoms with Crippen LogP contribution in [-0.4, -0.2) is 31.8 Å². The van der Waals surface area contributed by atoms with Crippen LogP contribution in [-0.2, 0) is 15.6 Å². The number of alkyl halides is 1. The maximum absolute atomic E-state index is 12.1. The average Bonchev–Trinajstić information content (AvgIpc) is 2.38. The van der Waals surface area contributed by atoms with Crippen molar-refractivity contribution in [1.82, 2.24) is 4.72 Å². The maximum Gasteiger partial charge on any atom is 0.212 e. The second-order valence-corrected chi connectivity index (χ2v) is 7.07. The van der Waals surface area contributed by atoms with E-state index in [0.717, 1.165) is 5.56 Å². The van der Waals surface area contributed by atoms with E-state index >= 15 is 0 Å². The van der Waals surface area contributed by atoms with Gasteiger partial charge in [-0.15, -0.1) is 11.6 Å². The molecule has 0 saturated carbocycles. The Morgan fingerprint density at radius 1 is 1.37 bits per heavy atom. The summed E-state index contributed by atoms with van der Waals surface area (Å²) in [4.78, 5) is 0. The minimum absolute atomic E-state index is 0.0566. The quantitative estimate of drug-likeness (QED) is 0.753. The molecule has 108 valence electrons. The van der Waals surface area contributed by atoms with E-state index in [1.54, 1.807) is 38.1 Å². The molecule has 0 aromatic heterocycles. The molecule has 0 aliphatic carbocycles. The van der Waals surface area contributed by atoms with E-state index in [9.17, 15) is 13.5 Å². The van der Waals surface area contributed by atoms with Crippen molar-refractivity contribution in [3.63, 3.8) is 0 Å². The van der Waals surface area contributed by atoms with E-state index in [1.165, 1.54) is 0 Å². The Labute approximate surface area is 119 Å². The molecule has 0 bridgehead atoms. The van der Waals surface area contributed by atoms with Crippen molar-refractivity contribution in [2.24, 2.45) is 5.92 Å². The Morgan fingerprint density at radius 2 is 1.95 bits per heavy atom. The van der Waals surface area contributed by atoms with Crippen molar-refractivity contribution in [2.75, 3.05) is 18.2 Å². The van der Waals surface area contributed by atoms with Gasteiger partial charge in [0.1, 0.15) is 0 Å². The normalized spacial score (nSPS) is 16.8. The van der Waals surface area contributed by atoms with E-state index in [4.69, 9.17) is 11.6 Å². The molecular weight excluding hydrogens is 286 g/mol. The fourth-order valence-electron chi connectivity index (χ4n) is 1.79. The average molecular weight is 306 g/mol. The molecule has 0 amide bonds. The van der Waals surface area contributed by atoms with E-state index in [0.29, 0.717) is 0 Å². The van der Waals surface area contributed by atoms with Gasteiger partial charge in [0.25, 0.3) is 0 Å². The Balaban J connectivity index is 2.93. The Bertz CT molecular complexity index is 492. The van der Waals surface area contributed by atoms with Crippen LogP contribution in [0.4, 0.5) is 0 Å². The van der Waals surface area contributed by atoms with Crippen molar-refractivity contribution in [3.05, 3.63) is 35.9 Å². The molecule has 2 atom stereocenters. The van der Waals surface area contributed by atoms with Gasteiger partial charge in [0.05, 0.1) is 17.9 Å². The van der Waals surface area contributed by atoms with E-state index in [-0.39, 0.29) is 24.2 Å². The molecular formula is C13H20ClNO3S. The minimum Gasteiger partial charge on any atom is -0.394 e. The summed E-state index contributed by atoms with van der Waals surface area (Å²) in [6, 6.07) is 9.01. The van der Waals surface area contributed by atoms with Gasteiger partial charge in [-0.2, -0.15) is 0 Å². The van der Waals surface area contributed by atoms with Crippen LogP contribution in [0.2, 0.25) is 0 Å². The smallest absolute Gasteiger partial charge is 0.212 e. The Morgan fingerprint density at radius 3 is 2.42 bits per heavy atom. The Kier molecular flexibility index (Phi) is 5.80. The van der Waals surface area contributed by atoms with Gasteiger partial charge in [0.2, 0.25) is 10.0 Å². The summed E-state index contributed by atoms with van der Waals surface area (Å²) < 4.78 is 26.7. The van der Waals surface area contributed by atoms with Crippen molar-refractivity contribution in [1.29, 1.82) is 0 Å². The van der Waals surface area contributed by atoms with E-state index in [2.05, 4.69) is 4.72 Å². The first-order chi connectivity index (χ1) is 8.83. The number of halogens is 1. The molecule has 0 heterocycles. The summed E-state index contributed by atoms with van der Waals surface area (Å²) in [5, 5.41) is 9.54. The highest BCUT2D eigenvalue weighted by molar-refractivity contribution is 7.89. The van der Waals surface area contributed by atoms with E-state index in [1.807, 2.05) is 6.07 Å². The standard InChI is InChI=1S/C13H20ClNO3S/c1-11(8-14)9-19(17,18)15-13(2,10-16)12-6-4-3-5-7-12/h3-7,11,15-16H,8-10H2,1-2H3. The van der Waals surface area contributed by atoms with Gasteiger partial charge < -0.3 is 5.11 Å². The number of sulfonamides is 1. The summed E-state index contributed by atoms with van der Waals surface area (Å²) >= 11 is 5.64. The minimum atomic E-state index is -3.51. The molecule has 1 aromatic rings. The van der Waals surface area contributed by atoms with E-state index < -0.39 is 15.6 Å². The molecule has 2 unspecified atom stereocenters. The van der Waals surface area contributed by atoms with Crippen LogP contribution in [0.15, 0.2) is 30.3 Å². The number of nitrogens with one attached hydrogen (secondary N) is 1. The molecule has 2 N–H and O–H groups in total. The highest BCUT2D eigenvalue weighted by Gasteiger charge is 2.31. The summed E-state index contributed by atoms with van der Waals surface area (Å²) in [6.07, 6.45) is 0. The van der Waals surface area contributed by atoms with Crippen LogP contribution in [0.25, 0.3) is 0 Å². The summed E-state index contributed by atoms with van der Waals surface area (Å²) in [5.74, 6) is 0.0824. The lowest BCUT2D eigenvalue weighted by Crippen LogP contribution is -2.47. The molecule has 0 spiro atoms. The number of benzene rings is 1. The molecule has 0 saturated heterocycles. The van der Waals surface area contributed by atoms with Crippen molar-refractivity contribution >= 4 is 21.6 Å². The zero-order valence-electron chi connectivity index (χ0n) is 11.1. The topological polar surface area (TPSA) is 66.4 Å². The predicted octanol–water partition coefficient (Wildman–Crippen LogP) is 1.69. The maximum atomic E-state index is 12.1. The molecule has 1 rings (SSSR count). The molecule has 4 nitrogen and oxygen atoms in total. The third-order valence-corrected chi connectivity index (χ3v) is 5.17. The number of aliphatic hydroxyl groups is 1. The highest BCUT2D eigenvalue weighted by Crippen LogP contribution is 2.21. The molecule has 1 aromatic carbocycles. The van der Waals surface area contributed by atoms with Gasteiger partial charge in [-0.1, -0.05) is 37.3 Å².